The van der Waals surface area contributed by atoms with Crippen molar-refractivity contribution >= 4 is 22.8 Å². The summed E-state index contributed by atoms with van der Waals surface area (Å²) in [6, 6.07) is 14.5. The van der Waals surface area contributed by atoms with Crippen LogP contribution < -0.4 is 10.1 Å². The predicted molar refractivity (Wildman–Crippen MR) is 174 cm³/mol. The number of carbonyl (C=O) groups is 1. The van der Waals surface area contributed by atoms with Crippen LogP contribution in [0.1, 0.15) is 50.4 Å². The van der Waals surface area contributed by atoms with Gasteiger partial charge in [-0.2, -0.15) is 5.10 Å². The molecule has 1 aliphatic rings. The van der Waals surface area contributed by atoms with Crippen LogP contribution in [0, 0.1) is 12.7 Å². The lowest BCUT2D eigenvalue weighted by molar-refractivity contribution is 0.0206. The van der Waals surface area contributed by atoms with E-state index in [1.807, 2.05) is 71.3 Å². The van der Waals surface area contributed by atoms with E-state index in [0.717, 1.165) is 34.9 Å². The molecule has 0 spiro atoms. The molecule has 1 saturated heterocycles. The number of ether oxygens (including phenoxy) is 2. The number of hydrogen-bond donors (Lipinski definition) is 1. The fourth-order valence-corrected chi connectivity index (χ4v) is 5.69. The second-order valence-electron chi connectivity index (χ2n) is 12.6. The molecule has 5 aromatic rings. The molecule has 0 unspecified atom stereocenters. The van der Waals surface area contributed by atoms with Gasteiger partial charge in [-0.1, -0.05) is 12.1 Å². The van der Waals surface area contributed by atoms with Gasteiger partial charge in [0, 0.05) is 62.1 Å². The number of piperidine rings is 1. The number of nitrogens with one attached hydrogen (secondary N) is 1. The standard InChI is InChI=1S/C35H38FN7O3/c1-22-10-11-25-26(12-13-29(36)28(25)20-23-15-19-42(5)41-23)31(22)45-32-27(9-6-16-37-32)30-14-17-38-33(40-30)39-24-8-7-18-43(21-24)34(44)46-35(2,3)4/h6,9-17,19,24H,7-8,18,20-21H2,1-5H3,(H,38,39,40)/t24-/m0/s1. The summed E-state index contributed by atoms with van der Waals surface area (Å²) in [5, 5.41) is 9.38. The van der Waals surface area contributed by atoms with Crippen molar-refractivity contribution in [3.8, 4) is 22.9 Å². The maximum Gasteiger partial charge on any atom is 0.410 e. The van der Waals surface area contributed by atoms with Crippen LogP contribution in [-0.4, -0.2) is 60.5 Å². The van der Waals surface area contributed by atoms with Gasteiger partial charge in [0.2, 0.25) is 11.8 Å². The van der Waals surface area contributed by atoms with Crippen molar-refractivity contribution < 1.29 is 18.7 Å². The third-order valence-electron chi connectivity index (χ3n) is 7.84. The molecular formula is C35H38FN7O3. The highest BCUT2D eigenvalue weighted by Gasteiger charge is 2.28. The molecule has 238 valence electrons. The number of benzene rings is 2. The number of fused-ring (bicyclic) bond motifs is 1. The minimum Gasteiger partial charge on any atom is -0.444 e. The van der Waals surface area contributed by atoms with Crippen LogP contribution in [0.2, 0.25) is 0 Å². The van der Waals surface area contributed by atoms with Crippen LogP contribution >= 0.6 is 0 Å². The lowest BCUT2D eigenvalue weighted by Crippen LogP contribution is -2.47. The number of likely N-dealkylation sites (tertiary alicyclic amines) is 1. The summed E-state index contributed by atoms with van der Waals surface area (Å²) in [4.78, 5) is 28.2. The van der Waals surface area contributed by atoms with Crippen molar-refractivity contribution in [1.82, 2.24) is 29.6 Å². The molecule has 2 aromatic carbocycles. The minimum absolute atomic E-state index is 0.0276. The Kier molecular flexibility index (Phi) is 8.57. The van der Waals surface area contributed by atoms with E-state index in [2.05, 4.69) is 20.4 Å². The van der Waals surface area contributed by atoms with Gasteiger partial charge in [0.05, 0.1) is 17.0 Å². The average molecular weight is 624 g/mol. The number of carbonyl (C=O) groups excluding carboxylic acids is 1. The molecular weight excluding hydrogens is 585 g/mol. The first-order valence-corrected chi connectivity index (χ1v) is 15.4. The number of pyridine rings is 1. The second-order valence-corrected chi connectivity index (χ2v) is 12.6. The Bertz CT molecular complexity index is 1880. The third-order valence-corrected chi connectivity index (χ3v) is 7.84. The smallest absolute Gasteiger partial charge is 0.410 e. The molecule has 0 radical (unpaired) electrons. The molecule has 1 N–H and O–H groups in total. The molecule has 10 nitrogen and oxygen atoms in total. The van der Waals surface area contributed by atoms with Crippen molar-refractivity contribution in [2.75, 3.05) is 18.4 Å². The Morgan fingerprint density at radius 2 is 1.89 bits per heavy atom. The summed E-state index contributed by atoms with van der Waals surface area (Å²) in [7, 11) is 1.84. The zero-order chi connectivity index (χ0) is 32.4. The topological polar surface area (TPSA) is 107 Å². The lowest BCUT2D eigenvalue weighted by Gasteiger charge is -2.34. The van der Waals surface area contributed by atoms with Crippen molar-refractivity contribution in [3.63, 3.8) is 0 Å². The molecule has 1 aliphatic heterocycles. The van der Waals surface area contributed by atoms with Crippen LogP contribution in [0.5, 0.6) is 11.6 Å². The maximum atomic E-state index is 15.2. The number of aryl methyl sites for hydroxylation is 2. The van der Waals surface area contributed by atoms with Gasteiger partial charge in [-0.15, -0.1) is 0 Å². The molecule has 6 rings (SSSR count). The first-order valence-electron chi connectivity index (χ1n) is 15.4. The monoisotopic (exact) mass is 623 g/mol. The highest BCUT2D eigenvalue weighted by atomic mass is 19.1. The number of halogens is 1. The molecule has 4 heterocycles. The van der Waals surface area contributed by atoms with Crippen LogP contribution in [-0.2, 0) is 18.2 Å². The van der Waals surface area contributed by atoms with Crippen LogP contribution in [0.15, 0.2) is 67.1 Å². The molecule has 46 heavy (non-hydrogen) atoms. The average Bonchev–Trinajstić information content (AvgIpc) is 3.44. The van der Waals surface area contributed by atoms with E-state index in [4.69, 9.17) is 14.5 Å². The molecule has 0 bridgehead atoms. The van der Waals surface area contributed by atoms with E-state index in [0.29, 0.717) is 53.9 Å². The van der Waals surface area contributed by atoms with E-state index in [-0.39, 0.29) is 18.0 Å². The number of hydrogen-bond acceptors (Lipinski definition) is 8. The summed E-state index contributed by atoms with van der Waals surface area (Å²) in [6.45, 7) is 8.69. The first kappa shape index (κ1) is 30.9. The van der Waals surface area contributed by atoms with E-state index in [9.17, 15) is 4.79 Å². The zero-order valence-electron chi connectivity index (χ0n) is 26.7. The van der Waals surface area contributed by atoms with E-state index < -0.39 is 5.60 Å². The van der Waals surface area contributed by atoms with Gasteiger partial charge in [0.15, 0.2) is 0 Å². The predicted octanol–water partition coefficient (Wildman–Crippen LogP) is 7.07. The number of aromatic nitrogens is 5. The zero-order valence-corrected chi connectivity index (χ0v) is 26.7. The van der Waals surface area contributed by atoms with Crippen molar-refractivity contribution in [3.05, 3.63) is 89.8 Å². The van der Waals surface area contributed by atoms with E-state index in [1.165, 1.54) is 6.07 Å². The highest BCUT2D eigenvalue weighted by Crippen LogP contribution is 2.38. The molecule has 11 heteroatoms. The van der Waals surface area contributed by atoms with Gasteiger partial charge in [-0.3, -0.25) is 4.68 Å². The van der Waals surface area contributed by atoms with Gasteiger partial charge < -0.3 is 19.7 Å². The quantitative estimate of drug-likeness (QED) is 0.205. The molecule has 1 amide bonds. The van der Waals surface area contributed by atoms with Gasteiger partial charge in [-0.05, 0) is 87.9 Å². The van der Waals surface area contributed by atoms with Crippen LogP contribution in [0.25, 0.3) is 22.0 Å². The summed E-state index contributed by atoms with van der Waals surface area (Å²) in [6.07, 6.45) is 6.95. The summed E-state index contributed by atoms with van der Waals surface area (Å²) >= 11 is 0. The van der Waals surface area contributed by atoms with Gasteiger partial charge in [-0.25, -0.2) is 24.1 Å². The van der Waals surface area contributed by atoms with Gasteiger partial charge in [0.1, 0.15) is 17.2 Å². The van der Waals surface area contributed by atoms with Gasteiger partial charge in [0.25, 0.3) is 0 Å². The van der Waals surface area contributed by atoms with Crippen molar-refractivity contribution in [2.24, 2.45) is 7.05 Å². The highest BCUT2D eigenvalue weighted by molar-refractivity contribution is 5.93. The Morgan fingerprint density at radius 1 is 1.07 bits per heavy atom. The Hall–Kier alpha value is -5.06. The van der Waals surface area contributed by atoms with Crippen molar-refractivity contribution in [2.45, 2.75) is 58.6 Å². The SMILES string of the molecule is Cc1ccc2c(Cc3ccn(C)n3)c(F)ccc2c1Oc1ncccc1-c1ccnc(N[C@H]2CCCN(C(=O)OC(C)(C)C)C2)n1. The first-order chi connectivity index (χ1) is 22.0. The second kappa shape index (κ2) is 12.7. The fourth-order valence-electron chi connectivity index (χ4n) is 5.69. The summed E-state index contributed by atoms with van der Waals surface area (Å²) < 4.78 is 29.0. The maximum absolute atomic E-state index is 15.2. The van der Waals surface area contributed by atoms with E-state index >= 15 is 4.39 Å². The Labute approximate surface area is 267 Å². The molecule has 0 saturated carbocycles. The third kappa shape index (κ3) is 6.93. The number of nitrogens with zero attached hydrogens (tertiary/aromatic N) is 6. The van der Waals surface area contributed by atoms with Gasteiger partial charge >= 0.3 is 6.09 Å². The van der Waals surface area contributed by atoms with Crippen molar-refractivity contribution in [1.29, 1.82) is 0 Å². The number of amides is 1. The van der Waals surface area contributed by atoms with Crippen LogP contribution in [0.4, 0.5) is 15.1 Å². The Balaban J connectivity index is 1.26. The molecule has 1 atom stereocenters. The van der Waals surface area contributed by atoms with E-state index in [1.54, 1.807) is 34.1 Å². The number of anilines is 1. The lowest BCUT2D eigenvalue weighted by atomic mass is 9.98. The number of rotatable bonds is 7. The molecule has 0 aliphatic carbocycles. The largest absolute Gasteiger partial charge is 0.444 e. The molecule has 3 aromatic heterocycles. The summed E-state index contributed by atoms with van der Waals surface area (Å²) in [5.74, 6) is 1.11. The molecule has 1 fully saturated rings. The normalized spacial score (nSPS) is 15.2. The fraction of sp³-hybridized carbons (Fsp3) is 0.343. The summed E-state index contributed by atoms with van der Waals surface area (Å²) in [5.41, 5.74) is 2.97. The Morgan fingerprint density at radius 3 is 2.67 bits per heavy atom. The minimum atomic E-state index is -0.554. The van der Waals surface area contributed by atoms with Crippen LogP contribution in [0.3, 0.4) is 0 Å².